The van der Waals surface area contributed by atoms with Gasteiger partial charge in [-0.3, -0.25) is 5.10 Å². The van der Waals surface area contributed by atoms with Crippen molar-refractivity contribution in [1.29, 1.82) is 0 Å². The van der Waals surface area contributed by atoms with Crippen molar-refractivity contribution in [2.24, 2.45) is 0 Å². The summed E-state index contributed by atoms with van der Waals surface area (Å²) < 4.78 is 48.9. The predicted octanol–water partition coefficient (Wildman–Crippen LogP) is 4.53. The first kappa shape index (κ1) is 28.1. The van der Waals surface area contributed by atoms with Crippen molar-refractivity contribution in [2.45, 2.75) is 25.4 Å². The number of alkyl halides is 3. The zero-order valence-electron chi connectivity index (χ0n) is 22.4. The summed E-state index contributed by atoms with van der Waals surface area (Å²) in [5.74, 6) is 0.815. The molecular weight excluding hydrogens is 543 g/mol. The molecule has 2 aromatic heterocycles. The number of carboxylic acid groups (broad SMARTS) is 1. The summed E-state index contributed by atoms with van der Waals surface area (Å²) in [4.78, 5) is 21.4. The Kier molecular flexibility index (Phi) is 7.97. The topological polar surface area (TPSA) is 123 Å². The van der Waals surface area contributed by atoms with Crippen LogP contribution in [0, 0.1) is 6.92 Å². The number of fused-ring (bicyclic) bond motifs is 2. The molecule has 0 radical (unpaired) electrons. The largest absolute Gasteiger partial charge is 0.497 e. The van der Waals surface area contributed by atoms with Crippen LogP contribution in [0.4, 0.5) is 19.0 Å². The number of morpholine rings is 1. The van der Waals surface area contributed by atoms with Gasteiger partial charge in [0.15, 0.2) is 0 Å². The Morgan fingerprint density at radius 1 is 1.15 bits per heavy atom. The predicted molar refractivity (Wildman–Crippen MR) is 144 cm³/mol. The number of nitrogens with zero attached hydrogens (tertiary/aromatic N) is 4. The Morgan fingerprint density at radius 2 is 1.90 bits per heavy atom. The van der Waals surface area contributed by atoms with E-state index in [-0.39, 0.29) is 5.92 Å². The minimum Gasteiger partial charge on any atom is -0.497 e. The minimum absolute atomic E-state index is 0.0584. The lowest BCUT2D eigenvalue weighted by Crippen LogP contribution is -2.37. The molecule has 2 aliphatic heterocycles. The highest BCUT2D eigenvalue weighted by Gasteiger charge is 2.38. The molecule has 13 heteroatoms. The number of benzene rings is 2. The van der Waals surface area contributed by atoms with Crippen LogP contribution >= 0.6 is 0 Å². The second-order valence-corrected chi connectivity index (χ2v) is 9.63. The summed E-state index contributed by atoms with van der Waals surface area (Å²) in [6.45, 7) is 5.61. The first-order valence-electron chi connectivity index (χ1n) is 12.9. The van der Waals surface area contributed by atoms with Crippen LogP contribution in [0.2, 0.25) is 0 Å². The summed E-state index contributed by atoms with van der Waals surface area (Å²) in [6.07, 6.45) is -2.41. The molecule has 0 amide bonds. The number of rotatable bonds is 4. The smallest absolute Gasteiger partial charge is 0.490 e. The van der Waals surface area contributed by atoms with E-state index in [0.29, 0.717) is 19.8 Å². The minimum atomic E-state index is -5.08. The maximum atomic E-state index is 10.6. The summed E-state index contributed by atoms with van der Waals surface area (Å²) >= 11 is 0. The lowest BCUT2D eigenvalue weighted by Gasteiger charge is -2.30. The Hall–Kier alpha value is -4.39. The van der Waals surface area contributed by atoms with Crippen molar-refractivity contribution in [2.75, 3.05) is 44.9 Å². The van der Waals surface area contributed by atoms with Gasteiger partial charge in [-0.15, -0.1) is 0 Å². The first-order chi connectivity index (χ1) is 19.6. The maximum Gasteiger partial charge on any atom is 0.490 e. The number of aromatic amines is 1. The molecule has 1 fully saturated rings. The third kappa shape index (κ3) is 6.19. The fraction of sp³-hybridized carbons (Fsp3) is 0.357. The van der Waals surface area contributed by atoms with Crippen molar-refractivity contribution in [1.82, 2.24) is 20.2 Å². The lowest BCUT2D eigenvalue weighted by molar-refractivity contribution is -0.192. The van der Waals surface area contributed by atoms with Crippen LogP contribution in [0.25, 0.3) is 22.0 Å². The number of halogens is 3. The summed E-state index contributed by atoms with van der Waals surface area (Å²) in [7, 11) is 1.68. The second kappa shape index (κ2) is 11.6. The van der Waals surface area contributed by atoms with Gasteiger partial charge in [-0.05, 0) is 54.8 Å². The van der Waals surface area contributed by atoms with E-state index in [0.717, 1.165) is 75.9 Å². The van der Waals surface area contributed by atoms with E-state index >= 15 is 0 Å². The Morgan fingerprint density at radius 3 is 2.56 bits per heavy atom. The maximum absolute atomic E-state index is 10.6. The first-order valence-corrected chi connectivity index (χ1v) is 12.9. The number of nitrogens with one attached hydrogen (secondary N) is 1. The summed E-state index contributed by atoms with van der Waals surface area (Å²) in [6, 6.07) is 12.3. The van der Waals surface area contributed by atoms with Gasteiger partial charge in [-0.25, -0.2) is 14.8 Å². The summed E-state index contributed by atoms with van der Waals surface area (Å²) in [5.41, 5.74) is 5.26. The van der Waals surface area contributed by atoms with E-state index < -0.39 is 12.1 Å². The number of methoxy groups -OCH3 is 1. The number of carbonyl (C=O) groups is 1. The summed E-state index contributed by atoms with van der Waals surface area (Å²) in [5, 5.41) is 15.4. The quantitative estimate of drug-likeness (QED) is 0.364. The van der Waals surface area contributed by atoms with Crippen LogP contribution in [0.3, 0.4) is 0 Å². The molecule has 2 aromatic carbocycles. The zero-order valence-corrected chi connectivity index (χ0v) is 22.4. The van der Waals surface area contributed by atoms with Crippen molar-refractivity contribution in [3.05, 3.63) is 59.7 Å². The monoisotopic (exact) mass is 571 g/mol. The number of hydrogen-bond acceptors (Lipinski definition) is 8. The molecule has 0 aliphatic carbocycles. The normalized spacial score (nSPS) is 16.8. The van der Waals surface area contributed by atoms with E-state index in [4.69, 9.17) is 34.1 Å². The lowest BCUT2D eigenvalue weighted by atomic mass is 9.95. The molecule has 1 saturated heterocycles. The molecule has 41 heavy (non-hydrogen) atoms. The van der Waals surface area contributed by atoms with Gasteiger partial charge in [0.1, 0.15) is 23.1 Å². The molecule has 1 atom stereocenters. The molecule has 4 aromatic rings. The molecule has 0 saturated carbocycles. The van der Waals surface area contributed by atoms with Gasteiger partial charge in [-0.1, -0.05) is 6.07 Å². The number of anilines is 1. The SMILES string of the molecule is COc1ccc2c(c1)CC(c1nc(N3CCOCC3)c3ccc(-c4cn[nH]c4C)cc3n1)CO2.O=C(O)C(F)(F)F. The molecule has 0 spiro atoms. The number of hydrogen-bond donors (Lipinski definition) is 2. The molecule has 0 bridgehead atoms. The standard InChI is InChI=1S/C26H27N5O3.C2HF3O2/c1-16-22(14-27-30-16)17-3-5-21-23(13-17)28-25(29-26(21)31-7-9-33-10-8-31)19-11-18-12-20(32-2)4-6-24(18)34-15-19;3-2(4,5)1(6)7/h3-6,12-14,19H,7-11,15H2,1-2H3,(H,27,30);(H,6,7). The third-order valence-electron chi connectivity index (χ3n) is 6.93. The van der Waals surface area contributed by atoms with Crippen molar-refractivity contribution in [3.8, 4) is 22.6 Å². The molecule has 216 valence electrons. The van der Waals surface area contributed by atoms with Crippen LogP contribution in [-0.2, 0) is 16.0 Å². The van der Waals surface area contributed by atoms with Gasteiger partial charge in [0.25, 0.3) is 0 Å². The molecule has 1 unspecified atom stereocenters. The fourth-order valence-corrected chi connectivity index (χ4v) is 4.80. The van der Waals surface area contributed by atoms with Crippen molar-refractivity contribution < 1.29 is 37.3 Å². The van der Waals surface area contributed by atoms with Gasteiger partial charge < -0.3 is 24.2 Å². The molecule has 10 nitrogen and oxygen atoms in total. The van der Waals surface area contributed by atoms with Crippen molar-refractivity contribution >= 4 is 22.7 Å². The number of ether oxygens (including phenoxy) is 3. The number of aromatic nitrogens is 4. The zero-order chi connectivity index (χ0) is 29.1. The highest BCUT2D eigenvalue weighted by molar-refractivity contribution is 5.93. The Labute approximate surface area is 233 Å². The van der Waals surface area contributed by atoms with Gasteiger partial charge >= 0.3 is 12.1 Å². The van der Waals surface area contributed by atoms with Gasteiger partial charge in [0, 0.05) is 29.7 Å². The number of aliphatic carboxylic acids is 1. The fourth-order valence-electron chi connectivity index (χ4n) is 4.80. The van der Waals surface area contributed by atoms with E-state index in [2.05, 4.69) is 33.3 Å². The van der Waals surface area contributed by atoms with E-state index in [1.54, 1.807) is 7.11 Å². The molecule has 2 aliphatic rings. The average molecular weight is 572 g/mol. The van der Waals surface area contributed by atoms with Gasteiger partial charge in [-0.2, -0.15) is 18.3 Å². The van der Waals surface area contributed by atoms with E-state index in [1.165, 1.54) is 0 Å². The highest BCUT2D eigenvalue weighted by Crippen LogP contribution is 2.36. The number of carboxylic acids is 1. The highest BCUT2D eigenvalue weighted by atomic mass is 19.4. The van der Waals surface area contributed by atoms with Crippen LogP contribution in [0.1, 0.15) is 23.0 Å². The molecule has 4 heterocycles. The van der Waals surface area contributed by atoms with Gasteiger partial charge in [0.2, 0.25) is 0 Å². The average Bonchev–Trinajstić information content (AvgIpc) is 3.41. The van der Waals surface area contributed by atoms with E-state index in [9.17, 15) is 13.2 Å². The molecule has 6 rings (SSSR count). The van der Waals surface area contributed by atoms with Gasteiger partial charge in [0.05, 0.1) is 44.6 Å². The van der Waals surface area contributed by atoms with Crippen LogP contribution < -0.4 is 14.4 Å². The Balaban J connectivity index is 0.000000431. The second-order valence-electron chi connectivity index (χ2n) is 9.63. The Bertz CT molecular complexity index is 1550. The van der Waals surface area contributed by atoms with Crippen LogP contribution in [0.5, 0.6) is 11.5 Å². The van der Waals surface area contributed by atoms with Crippen LogP contribution in [0.15, 0.2) is 42.6 Å². The number of H-pyrrole nitrogens is 1. The van der Waals surface area contributed by atoms with Crippen molar-refractivity contribution in [3.63, 3.8) is 0 Å². The molecule has 2 N–H and O–H groups in total. The number of aryl methyl sites for hydroxylation is 1. The van der Waals surface area contributed by atoms with E-state index in [1.807, 2.05) is 31.3 Å². The van der Waals surface area contributed by atoms with Crippen LogP contribution in [-0.4, -0.2) is 77.4 Å². The third-order valence-corrected chi connectivity index (χ3v) is 6.93. The molecular formula is C28H28F3N5O5.